The number of aliphatic hydroxyl groups excluding tert-OH is 1. The highest BCUT2D eigenvalue weighted by Gasteiger charge is 2.47. The zero-order valence-electron chi connectivity index (χ0n) is 19.8. The fourth-order valence-corrected chi connectivity index (χ4v) is 4.40. The summed E-state index contributed by atoms with van der Waals surface area (Å²) in [7, 11) is 0. The summed E-state index contributed by atoms with van der Waals surface area (Å²) in [4.78, 5) is 29.5. The van der Waals surface area contributed by atoms with Gasteiger partial charge in [0, 0.05) is 30.4 Å². The van der Waals surface area contributed by atoms with Crippen molar-refractivity contribution in [2.45, 2.75) is 26.8 Å². The normalized spacial score (nSPS) is 17.2. The van der Waals surface area contributed by atoms with E-state index in [9.17, 15) is 23.5 Å². The summed E-state index contributed by atoms with van der Waals surface area (Å²) in [6.45, 7) is 7.54. The average molecular weight is 477 g/mol. The number of carbonyl (C=O) groups excluding carboxylic acids is 2. The van der Waals surface area contributed by atoms with Crippen LogP contribution in [0.1, 0.15) is 36.6 Å². The fourth-order valence-electron chi connectivity index (χ4n) is 4.40. The second kappa shape index (κ2) is 9.70. The number of anilines is 2. The predicted molar refractivity (Wildman–Crippen MR) is 132 cm³/mol. The molecule has 3 aromatic rings. The Morgan fingerprint density at radius 3 is 2.14 bits per heavy atom. The molecule has 1 aliphatic rings. The number of hydrogen-bond acceptors (Lipinski definition) is 4. The number of carbonyl (C=O) groups is 2. The number of halogens is 2. The van der Waals surface area contributed by atoms with E-state index in [2.05, 4.69) is 4.90 Å². The number of aliphatic hydroxyl groups is 1. The zero-order valence-corrected chi connectivity index (χ0v) is 19.8. The van der Waals surface area contributed by atoms with Crippen molar-refractivity contribution in [2.75, 3.05) is 22.9 Å². The number of nitrogens with zero attached hydrogens (tertiary/aromatic N) is 2. The number of amides is 1. The van der Waals surface area contributed by atoms with E-state index in [1.165, 1.54) is 0 Å². The molecule has 0 radical (unpaired) electrons. The molecule has 1 saturated heterocycles. The largest absolute Gasteiger partial charge is 0.507 e. The van der Waals surface area contributed by atoms with E-state index in [4.69, 9.17) is 0 Å². The van der Waals surface area contributed by atoms with Gasteiger partial charge in [-0.1, -0.05) is 42.0 Å². The molecule has 5 nitrogen and oxygen atoms in total. The van der Waals surface area contributed by atoms with Crippen molar-refractivity contribution < 1.29 is 23.5 Å². The molecule has 1 amide bonds. The fraction of sp³-hybridized carbons (Fsp3) is 0.214. The first-order valence-corrected chi connectivity index (χ1v) is 11.4. The summed E-state index contributed by atoms with van der Waals surface area (Å²) < 4.78 is 28.4. The molecule has 3 aromatic carbocycles. The van der Waals surface area contributed by atoms with Crippen LogP contribution in [0.3, 0.4) is 0 Å². The molecule has 1 atom stereocenters. The second-order valence-corrected chi connectivity index (χ2v) is 8.39. The van der Waals surface area contributed by atoms with E-state index in [1.54, 1.807) is 36.4 Å². The van der Waals surface area contributed by atoms with Crippen LogP contribution in [0.15, 0.2) is 72.3 Å². The Kier molecular flexibility index (Phi) is 6.69. The minimum Gasteiger partial charge on any atom is -0.507 e. The number of rotatable bonds is 6. The first-order chi connectivity index (χ1) is 16.8. The Hall–Kier alpha value is -4.00. The van der Waals surface area contributed by atoms with Gasteiger partial charge in [0.25, 0.3) is 11.7 Å². The van der Waals surface area contributed by atoms with Gasteiger partial charge >= 0.3 is 0 Å². The minimum atomic E-state index is -1.10. The molecule has 1 fully saturated rings. The lowest BCUT2D eigenvalue weighted by Crippen LogP contribution is -2.30. The SMILES string of the molecule is CCN(CC)c1ccc(C2/C(=C(\O)c3ccc(C)cc3)C(=O)C(=O)N2c2ccc(F)cc2F)cc1. The van der Waals surface area contributed by atoms with Gasteiger partial charge in [0.1, 0.15) is 17.4 Å². The topological polar surface area (TPSA) is 60.9 Å². The number of hydrogen-bond donors (Lipinski definition) is 1. The third kappa shape index (κ3) is 4.41. The van der Waals surface area contributed by atoms with Gasteiger partial charge in [-0.15, -0.1) is 0 Å². The third-order valence-electron chi connectivity index (χ3n) is 6.28. The molecule has 35 heavy (non-hydrogen) atoms. The van der Waals surface area contributed by atoms with Gasteiger partial charge < -0.3 is 10.0 Å². The quantitative estimate of drug-likeness (QED) is 0.280. The highest BCUT2D eigenvalue weighted by atomic mass is 19.1. The van der Waals surface area contributed by atoms with Crippen molar-refractivity contribution in [1.29, 1.82) is 0 Å². The Morgan fingerprint density at radius 1 is 0.943 bits per heavy atom. The van der Waals surface area contributed by atoms with E-state index < -0.39 is 29.4 Å². The summed E-state index contributed by atoms with van der Waals surface area (Å²) in [5.41, 5.74) is 2.38. The minimum absolute atomic E-state index is 0.154. The number of ketones is 1. The maximum atomic E-state index is 14.8. The van der Waals surface area contributed by atoms with Gasteiger partial charge in [-0.25, -0.2) is 8.78 Å². The lowest BCUT2D eigenvalue weighted by atomic mass is 9.94. The Labute approximate surface area is 202 Å². The summed E-state index contributed by atoms with van der Waals surface area (Å²) in [5, 5.41) is 11.1. The molecule has 0 aliphatic carbocycles. The Morgan fingerprint density at radius 2 is 1.57 bits per heavy atom. The van der Waals surface area contributed by atoms with Crippen LogP contribution in [0.2, 0.25) is 0 Å². The molecule has 0 aromatic heterocycles. The lowest BCUT2D eigenvalue weighted by Gasteiger charge is -2.27. The molecule has 1 aliphatic heterocycles. The molecule has 4 rings (SSSR count). The van der Waals surface area contributed by atoms with E-state index in [-0.39, 0.29) is 17.0 Å². The average Bonchev–Trinajstić information content (AvgIpc) is 3.11. The van der Waals surface area contributed by atoms with Crippen molar-refractivity contribution in [1.82, 2.24) is 0 Å². The van der Waals surface area contributed by atoms with Gasteiger partial charge in [-0.2, -0.15) is 0 Å². The van der Waals surface area contributed by atoms with Crippen LogP contribution < -0.4 is 9.80 Å². The van der Waals surface area contributed by atoms with Gasteiger partial charge in [-0.05, 0) is 50.6 Å². The summed E-state index contributed by atoms with van der Waals surface area (Å²) in [5.74, 6) is -4.08. The van der Waals surface area contributed by atoms with Crippen LogP contribution in [-0.2, 0) is 9.59 Å². The summed E-state index contributed by atoms with van der Waals surface area (Å²) in [6, 6.07) is 15.8. The van der Waals surface area contributed by atoms with E-state index in [0.717, 1.165) is 41.4 Å². The molecule has 0 spiro atoms. The van der Waals surface area contributed by atoms with E-state index >= 15 is 0 Å². The summed E-state index contributed by atoms with van der Waals surface area (Å²) >= 11 is 0. The van der Waals surface area contributed by atoms with Crippen LogP contribution >= 0.6 is 0 Å². The number of aryl methyl sites for hydroxylation is 1. The van der Waals surface area contributed by atoms with Crippen LogP contribution in [0.5, 0.6) is 0 Å². The lowest BCUT2D eigenvalue weighted by molar-refractivity contribution is -0.132. The zero-order chi connectivity index (χ0) is 25.3. The van der Waals surface area contributed by atoms with Crippen LogP contribution in [0, 0.1) is 18.6 Å². The maximum absolute atomic E-state index is 14.8. The molecule has 1 N–H and O–H groups in total. The molecular formula is C28H26F2N2O3. The predicted octanol–water partition coefficient (Wildman–Crippen LogP) is 5.75. The Bertz CT molecular complexity index is 1300. The van der Waals surface area contributed by atoms with E-state index in [1.807, 2.05) is 32.9 Å². The van der Waals surface area contributed by atoms with Crippen molar-refractivity contribution in [2.24, 2.45) is 0 Å². The molecule has 7 heteroatoms. The van der Waals surface area contributed by atoms with Crippen molar-refractivity contribution in [3.63, 3.8) is 0 Å². The van der Waals surface area contributed by atoms with Gasteiger partial charge in [0.2, 0.25) is 0 Å². The molecule has 0 saturated carbocycles. The van der Waals surface area contributed by atoms with Gasteiger partial charge in [0.05, 0.1) is 17.3 Å². The van der Waals surface area contributed by atoms with Gasteiger partial charge in [0.15, 0.2) is 0 Å². The van der Waals surface area contributed by atoms with Crippen LogP contribution in [0.4, 0.5) is 20.2 Å². The smallest absolute Gasteiger partial charge is 0.300 e. The molecular weight excluding hydrogens is 450 g/mol. The first-order valence-electron chi connectivity index (χ1n) is 11.4. The molecule has 1 unspecified atom stereocenters. The Balaban J connectivity index is 1.92. The highest BCUT2D eigenvalue weighted by molar-refractivity contribution is 6.51. The molecule has 1 heterocycles. The van der Waals surface area contributed by atoms with Crippen LogP contribution in [-0.4, -0.2) is 29.9 Å². The maximum Gasteiger partial charge on any atom is 0.300 e. The van der Waals surface area contributed by atoms with E-state index in [0.29, 0.717) is 17.2 Å². The molecule has 0 bridgehead atoms. The standard InChI is InChI=1S/C28H26F2N2O3/c1-4-31(5-2)21-13-10-18(11-14-21)25-24(26(33)19-8-6-17(3)7-9-19)27(34)28(35)32(25)23-15-12-20(29)16-22(23)30/h6-16,25,33H,4-5H2,1-3H3/b26-24+. The monoisotopic (exact) mass is 476 g/mol. The molecule has 180 valence electrons. The first kappa shape index (κ1) is 24.1. The van der Waals surface area contributed by atoms with Crippen molar-refractivity contribution in [3.05, 3.63) is 101 Å². The van der Waals surface area contributed by atoms with Crippen molar-refractivity contribution in [3.8, 4) is 0 Å². The van der Waals surface area contributed by atoms with Crippen molar-refractivity contribution >= 4 is 28.8 Å². The highest BCUT2D eigenvalue weighted by Crippen LogP contribution is 2.43. The third-order valence-corrected chi connectivity index (χ3v) is 6.28. The number of benzene rings is 3. The number of Topliss-reactive ketones (excluding diaryl/α,β-unsaturated/α-hetero) is 1. The summed E-state index contributed by atoms with van der Waals surface area (Å²) in [6.07, 6.45) is 0. The second-order valence-electron chi connectivity index (χ2n) is 8.39. The van der Waals surface area contributed by atoms with Gasteiger partial charge in [-0.3, -0.25) is 14.5 Å². The van der Waals surface area contributed by atoms with Crippen LogP contribution in [0.25, 0.3) is 5.76 Å².